The van der Waals surface area contributed by atoms with Crippen LogP contribution in [0.3, 0.4) is 0 Å². The van der Waals surface area contributed by atoms with Gasteiger partial charge in [0.1, 0.15) is 5.82 Å². The number of para-hydroxylation sites is 2. The number of hydrogen-bond donors (Lipinski definition) is 1. The van der Waals surface area contributed by atoms with Crippen molar-refractivity contribution in [3.8, 4) is 0 Å². The van der Waals surface area contributed by atoms with E-state index in [1.165, 1.54) is 0 Å². The lowest BCUT2D eigenvalue weighted by Crippen LogP contribution is -2.08. The van der Waals surface area contributed by atoms with E-state index in [9.17, 15) is 5.11 Å². The smallest absolute Gasteiger partial charge is 0.130 e. The second-order valence-corrected chi connectivity index (χ2v) is 4.32. The minimum atomic E-state index is -0.660. The van der Waals surface area contributed by atoms with Gasteiger partial charge < -0.3 is 9.67 Å². The van der Waals surface area contributed by atoms with E-state index in [4.69, 9.17) is 0 Å². The summed E-state index contributed by atoms with van der Waals surface area (Å²) < 4.78 is 2.06. The number of aryl methyl sites for hydroxylation is 1. The number of nitrogens with zero attached hydrogens (tertiary/aromatic N) is 2. The molecule has 0 aliphatic rings. The number of aliphatic hydroxyl groups is 1. The number of aromatic nitrogens is 2. The summed E-state index contributed by atoms with van der Waals surface area (Å²) in [7, 11) is 0. The zero-order chi connectivity index (χ0) is 12.5. The topological polar surface area (TPSA) is 38.0 Å². The standard InChI is InChI=1S/C15H15N2O/c1-2-17-13-10-6-5-9-12(13)16-15(17)14(18)11-7-3-4-8-11/h3-10,14,18H,2H2,1H3/q-1. The monoisotopic (exact) mass is 239 g/mol. The Morgan fingerprint density at radius 3 is 2.89 bits per heavy atom. The van der Waals surface area contributed by atoms with Gasteiger partial charge in [-0.05, 0) is 19.1 Å². The van der Waals surface area contributed by atoms with Gasteiger partial charge in [-0.15, -0.1) is 0 Å². The van der Waals surface area contributed by atoms with Crippen LogP contribution in [0.1, 0.15) is 24.4 Å². The Hall–Kier alpha value is -2.00. The molecule has 18 heavy (non-hydrogen) atoms. The fourth-order valence-corrected chi connectivity index (χ4v) is 2.36. The van der Waals surface area contributed by atoms with Crippen LogP contribution >= 0.6 is 0 Å². The van der Waals surface area contributed by atoms with Crippen LogP contribution in [-0.4, -0.2) is 14.7 Å². The summed E-state index contributed by atoms with van der Waals surface area (Å²) in [5.41, 5.74) is 2.89. The van der Waals surface area contributed by atoms with Gasteiger partial charge in [-0.2, -0.15) is 23.8 Å². The van der Waals surface area contributed by atoms with Crippen molar-refractivity contribution in [3.63, 3.8) is 0 Å². The summed E-state index contributed by atoms with van der Waals surface area (Å²) in [5.74, 6) is 0.713. The first-order valence-electron chi connectivity index (χ1n) is 6.16. The number of hydrogen-bond acceptors (Lipinski definition) is 2. The molecule has 0 bridgehead atoms. The summed E-state index contributed by atoms with van der Waals surface area (Å²) in [6, 6.07) is 15.7. The maximum Gasteiger partial charge on any atom is 0.130 e. The van der Waals surface area contributed by atoms with Gasteiger partial charge in [0.05, 0.1) is 17.1 Å². The molecule has 3 rings (SSSR count). The second-order valence-electron chi connectivity index (χ2n) is 4.32. The molecule has 0 saturated heterocycles. The van der Waals surface area contributed by atoms with Crippen molar-refractivity contribution in [3.05, 3.63) is 59.9 Å². The van der Waals surface area contributed by atoms with Crippen molar-refractivity contribution in [1.29, 1.82) is 0 Å². The van der Waals surface area contributed by atoms with Crippen LogP contribution in [0.2, 0.25) is 0 Å². The first-order chi connectivity index (χ1) is 8.81. The molecule has 92 valence electrons. The van der Waals surface area contributed by atoms with E-state index >= 15 is 0 Å². The minimum absolute atomic E-state index is 0.660. The van der Waals surface area contributed by atoms with Crippen LogP contribution in [0, 0.1) is 0 Å². The van der Waals surface area contributed by atoms with Gasteiger partial charge in [0.15, 0.2) is 0 Å². The average Bonchev–Trinajstić information content (AvgIpc) is 3.04. The van der Waals surface area contributed by atoms with Crippen LogP contribution in [0.5, 0.6) is 0 Å². The summed E-state index contributed by atoms with van der Waals surface area (Å²) >= 11 is 0. The highest BCUT2D eigenvalue weighted by Crippen LogP contribution is 2.25. The summed E-state index contributed by atoms with van der Waals surface area (Å²) in [6.07, 6.45) is -0.660. The molecule has 1 heterocycles. The molecule has 3 aromatic rings. The maximum absolute atomic E-state index is 10.4. The molecule has 2 aromatic carbocycles. The van der Waals surface area contributed by atoms with Crippen molar-refractivity contribution in [2.24, 2.45) is 0 Å². The lowest BCUT2D eigenvalue weighted by atomic mass is 10.2. The van der Waals surface area contributed by atoms with E-state index in [0.717, 1.165) is 23.1 Å². The third kappa shape index (κ3) is 1.64. The molecular formula is C15H15N2O-. The Morgan fingerprint density at radius 1 is 1.33 bits per heavy atom. The van der Waals surface area contributed by atoms with Gasteiger partial charge in [-0.3, -0.25) is 0 Å². The first kappa shape index (κ1) is 11.1. The van der Waals surface area contributed by atoms with E-state index in [1.807, 2.05) is 48.5 Å². The van der Waals surface area contributed by atoms with Crippen molar-refractivity contribution >= 4 is 11.0 Å². The van der Waals surface area contributed by atoms with Gasteiger partial charge in [0.25, 0.3) is 0 Å². The fourth-order valence-electron chi connectivity index (χ4n) is 2.36. The first-order valence-corrected chi connectivity index (χ1v) is 6.16. The summed E-state index contributed by atoms with van der Waals surface area (Å²) in [5, 5.41) is 10.4. The van der Waals surface area contributed by atoms with Gasteiger partial charge in [0, 0.05) is 6.54 Å². The highest BCUT2D eigenvalue weighted by molar-refractivity contribution is 5.76. The number of rotatable bonds is 3. The van der Waals surface area contributed by atoms with Gasteiger partial charge in [-0.1, -0.05) is 12.1 Å². The molecule has 0 radical (unpaired) electrons. The van der Waals surface area contributed by atoms with Crippen LogP contribution < -0.4 is 0 Å². The fraction of sp³-hybridized carbons (Fsp3) is 0.200. The SMILES string of the molecule is CCn1c(C(O)c2cc[cH-]c2)nc2ccccc21. The third-order valence-electron chi connectivity index (χ3n) is 3.25. The Bertz CT molecular complexity index is 652. The highest BCUT2D eigenvalue weighted by atomic mass is 16.3. The average molecular weight is 239 g/mol. The van der Waals surface area contributed by atoms with Gasteiger partial charge >= 0.3 is 0 Å². The summed E-state index contributed by atoms with van der Waals surface area (Å²) in [4.78, 5) is 4.55. The number of imidazole rings is 1. The van der Waals surface area contributed by atoms with Gasteiger partial charge in [-0.25, -0.2) is 11.1 Å². The van der Waals surface area contributed by atoms with Crippen molar-refractivity contribution < 1.29 is 5.11 Å². The third-order valence-corrected chi connectivity index (χ3v) is 3.25. The normalized spacial score (nSPS) is 13.0. The Morgan fingerprint density at radius 2 is 2.17 bits per heavy atom. The molecule has 3 heteroatoms. The van der Waals surface area contributed by atoms with Crippen LogP contribution in [0.25, 0.3) is 11.0 Å². The molecule has 1 N–H and O–H groups in total. The van der Waals surface area contributed by atoms with E-state index < -0.39 is 6.10 Å². The molecule has 3 nitrogen and oxygen atoms in total. The zero-order valence-electron chi connectivity index (χ0n) is 10.2. The Kier molecular flexibility index (Phi) is 2.68. The lowest BCUT2D eigenvalue weighted by molar-refractivity contribution is 0.206. The molecule has 0 saturated carbocycles. The molecule has 0 aliphatic heterocycles. The van der Waals surface area contributed by atoms with E-state index in [1.54, 1.807) is 0 Å². The Labute approximate surface area is 106 Å². The second kappa shape index (κ2) is 4.35. The van der Waals surface area contributed by atoms with E-state index in [0.29, 0.717) is 5.82 Å². The molecule has 0 spiro atoms. The van der Waals surface area contributed by atoms with Crippen molar-refractivity contribution in [2.75, 3.05) is 0 Å². The summed E-state index contributed by atoms with van der Waals surface area (Å²) in [6.45, 7) is 2.86. The van der Waals surface area contributed by atoms with E-state index in [-0.39, 0.29) is 0 Å². The molecular weight excluding hydrogens is 224 g/mol. The molecule has 0 amide bonds. The molecule has 1 aromatic heterocycles. The minimum Gasteiger partial charge on any atom is -0.394 e. The quantitative estimate of drug-likeness (QED) is 0.714. The molecule has 1 unspecified atom stereocenters. The predicted molar refractivity (Wildman–Crippen MR) is 71.5 cm³/mol. The van der Waals surface area contributed by atoms with Crippen LogP contribution in [0.4, 0.5) is 0 Å². The maximum atomic E-state index is 10.4. The van der Waals surface area contributed by atoms with Gasteiger partial charge in [0.2, 0.25) is 0 Å². The molecule has 0 aliphatic carbocycles. The van der Waals surface area contributed by atoms with Crippen LogP contribution in [0.15, 0.2) is 48.5 Å². The lowest BCUT2D eigenvalue weighted by Gasteiger charge is -2.15. The predicted octanol–water partition coefficient (Wildman–Crippen LogP) is 2.86. The Balaban J connectivity index is 2.16. The van der Waals surface area contributed by atoms with E-state index in [2.05, 4.69) is 16.5 Å². The number of aliphatic hydroxyl groups excluding tert-OH is 1. The molecule has 1 atom stereocenters. The van der Waals surface area contributed by atoms with Crippen molar-refractivity contribution in [1.82, 2.24) is 9.55 Å². The zero-order valence-corrected chi connectivity index (χ0v) is 10.2. The van der Waals surface area contributed by atoms with Crippen molar-refractivity contribution in [2.45, 2.75) is 19.6 Å². The highest BCUT2D eigenvalue weighted by Gasteiger charge is 2.15. The molecule has 0 fully saturated rings. The largest absolute Gasteiger partial charge is 0.394 e. The number of benzene rings is 1. The van der Waals surface area contributed by atoms with Crippen LogP contribution in [-0.2, 0) is 6.54 Å². The number of fused-ring (bicyclic) bond motifs is 1.